The predicted octanol–water partition coefficient (Wildman–Crippen LogP) is 3.04. The molecular weight excluding hydrogens is 385 g/mol. The van der Waals surface area contributed by atoms with E-state index in [9.17, 15) is 14.0 Å². The lowest BCUT2D eigenvalue weighted by atomic mass is 9.96. The summed E-state index contributed by atoms with van der Waals surface area (Å²) in [6.45, 7) is 1.90. The van der Waals surface area contributed by atoms with Gasteiger partial charge in [0, 0.05) is 17.6 Å². The minimum atomic E-state index is -0.572. The number of hydrogen-bond donors (Lipinski definition) is 3. The molecule has 0 aliphatic heterocycles. The highest BCUT2D eigenvalue weighted by molar-refractivity contribution is 5.96. The van der Waals surface area contributed by atoms with Gasteiger partial charge in [0.05, 0.1) is 13.7 Å². The fourth-order valence-electron chi connectivity index (χ4n) is 4.01. The highest BCUT2D eigenvalue weighted by Gasteiger charge is 2.27. The molecule has 0 bridgehead atoms. The van der Waals surface area contributed by atoms with E-state index in [1.807, 2.05) is 12.1 Å². The molecule has 1 saturated carbocycles. The molecule has 0 heterocycles. The van der Waals surface area contributed by atoms with Crippen molar-refractivity contribution in [2.45, 2.75) is 44.2 Å². The van der Waals surface area contributed by atoms with Gasteiger partial charge in [-0.3, -0.25) is 9.59 Å². The van der Waals surface area contributed by atoms with Crippen molar-refractivity contribution in [3.63, 3.8) is 0 Å². The summed E-state index contributed by atoms with van der Waals surface area (Å²) in [6, 6.07) is 12.9. The molecule has 160 valence electrons. The van der Waals surface area contributed by atoms with Crippen LogP contribution in [0.2, 0.25) is 0 Å². The van der Waals surface area contributed by atoms with E-state index in [-0.39, 0.29) is 30.1 Å². The van der Waals surface area contributed by atoms with Crippen molar-refractivity contribution in [1.29, 1.82) is 0 Å². The smallest absolute Gasteiger partial charge is 0.251 e. The summed E-state index contributed by atoms with van der Waals surface area (Å²) >= 11 is 0. The molecule has 0 unspecified atom stereocenters. The molecule has 2 aromatic carbocycles. The van der Waals surface area contributed by atoms with Crippen molar-refractivity contribution in [3.8, 4) is 5.75 Å². The molecule has 3 atom stereocenters. The largest absolute Gasteiger partial charge is 0.494 e. The van der Waals surface area contributed by atoms with E-state index >= 15 is 0 Å². The molecule has 2 amide bonds. The molecule has 4 N–H and O–H groups in total. The number of nitrogens with one attached hydrogen (secondary N) is 2. The number of carbonyl (C=O) groups excluding carboxylic acids is 2. The van der Waals surface area contributed by atoms with Crippen LogP contribution in [0.15, 0.2) is 42.5 Å². The quantitative estimate of drug-likeness (QED) is 0.620. The zero-order chi connectivity index (χ0) is 21.7. The molecule has 1 fully saturated rings. The topological polar surface area (TPSA) is 93.4 Å². The number of halogens is 1. The number of ether oxygens (including phenoxy) is 1. The second-order valence-electron chi connectivity index (χ2n) is 7.76. The molecule has 3 rings (SSSR count). The molecule has 30 heavy (non-hydrogen) atoms. The monoisotopic (exact) mass is 413 g/mol. The van der Waals surface area contributed by atoms with Crippen LogP contribution in [0.1, 0.15) is 59.6 Å². The third-order valence-electron chi connectivity index (χ3n) is 5.66. The van der Waals surface area contributed by atoms with E-state index < -0.39 is 5.91 Å². The molecule has 1 aliphatic carbocycles. The Morgan fingerprint density at radius 3 is 2.60 bits per heavy atom. The van der Waals surface area contributed by atoms with E-state index in [1.54, 1.807) is 24.3 Å². The van der Waals surface area contributed by atoms with Gasteiger partial charge in [0.15, 0.2) is 11.6 Å². The minimum absolute atomic E-state index is 0.0829. The van der Waals surface area contributed by atoms with Gasteiger partial charge in [0.1, 0.15) is 0 Å². The molecule has 1 aliphatic rings. The zero-order valence-corrected chi connectivity index (χ0v) is 17.3. The van der Waals surface area contributed by atoms with Crippen LogP contribution in [-0.2, 0) is 4.79 Å². The van der Waals surface area contributed by atoms with E-state index in [1.165, 1.54) is 18.7 Å². The van der Waals surface area contributed by atoms with Crippen molar-refractivity contribution >= 4 is 11.8 Å². The lowest BCUT2D eigenvalue weighted by molar-refractivity contribution is -0.117. The van der Waals surface area contributed by atoms with E-state index in [4.69, 9.17) is 10.5 Å². The van der Waals surface area contributed by atoms with Crippen LogP contribution in [0.5, 0.6) is 5.75 Å². The number of amides is 2. The fourth-order valence-corrected chi connectivity index (χ4v) is 4.01. The van der Waals surface area contributed by atoms with Crippen molar-refractivity contribution in [2.24, 2.45) is 5.73 Å². The Balaban J connectivity index is 1.56. The van der Waals surface area contributed by atoms with Gasteiger partial charge < -0.3 is 21.1 Å². The molecule has 7 heteroatoms. The second kappa shape index (κ2) is 9.71. The molecule has 0 radical (unpaired) electrons. The molecule has 0 aromatic heterocycles. The summed E-state index contributed by atoms with van der Waals surface area (Å²) in [4.78, 5) is 22.8. The molecule has 2 aromatic rings. The first-order valence-electron chi connectivity index (χ1n) is 10.1. The number of carbonyl (C=O) groups is 2. The van der Waals surface area contributed by atoms with Crippen molar-refractivity contribution < 1.29 is 18.7 Å². The maximum absolute atomic E-state index is 13.6. The maximum Gasteiger partial charge on any atom is 0.251 e. The van der Waals surface area contributed by atoms with Crippen LogP contribution >= 0.6 is 0 Å². The van der Waals surface area contributed by atoms with Gasteiger partial charge in [-0.2, -0.15) is 0 Å². The van der Waals surface area contributed by atoms with Crippen molar-refractivity contribution in [2.75, 3.05) is 13.7 Å². The zero-order valence-electron chi connectivity index (χ0n) is 17.3. The predicted molar refractivity (Wildman–Crippen MR) is 113 cm³/mol. The van der Waals surface area contributed by atoms with Crippen molar-refractivity contribution in [1.82, 2.24) is 10.6 Å². The normalized spacial score (nSPS) is 19.3. The van der Waals surface area contributed by atoms with Gasteiger partial charge in [-0.1, -0.05) is 18.2 Å². The average molecular weight is 413 g/mol. The number of primary amides is 1. The van der Waals surface area contributed by atoms with Crippen LogP contribution in [-0.4, -0.2) is 31.5 Å². The fraction of sp³-hybridized carbons (Fsp3) is 0.391. The molecule has 6 nitrogen and oxygen atoms in total. The standard InChI is InChI=1S/C23H28FN3O3/c1-14(17-8-10-20(24)21(12-17)30-2)27-19-9-7-18(11-19)15-3-5-16(6-4-15)23(29)26-13-22(25)28/h3-6,8,10,12,14,18-19,27H,7,9,11,13H2,1-2H3,(H2,25,28)(H,26,29)/t14-,18-,19+/m1/s1. The van der Waals surface area contributed by atoms with Gasteiger partial charge in [-0.05, 0) is 67.5 Å². The first kappa shape index (κ1) is 21.8. The highest BCUT2D eigenvalue weighted by atomic mass is 19.1. The van der Waals surface area contributed by atoms with Crippen LogP contribution in [0.25, 0.3) is 0 Å². The van der Waals surface area contributed by atoms with Crippen LogP contribution < -0.4 is 21.1 Å². The SMILES string of the molecule is COc1cc([C@@H](C)N[C@H]2CC[C@@H](c3ccc(C(=O)NCC(N)=O)cc3)C2)ccc1F. The third kappa shape index (κ3) is 5.36. The van der Waals surface area contributed by atoms with E-state index in [2.05, 4.69) is 17.6 Å². The number of hydrogen-bond acceptors (Lipinski definition) is 4. The number of rotatable bonds is 8. The minimum Gasteiger partial charge on any atom is -0.494 e. The second-order valence-corrected chi connectivity index (χ2v) is 7.76. The van der Waals surface area contributed by atoms with E-state index in [0.717, 1.165) is 24.8 Å². The number of methoxy groups -OCH3 is 1. The van der Waals surface area contributed by atoms with Gasteiger partial charge in [0.25, 0.3) is 5.91 Å². The summed E-state index contributed by atoms with van der Waals surface area (Å²) in [5.74, 6) is -0.570. The molecular formula is C23H28FN3O3. The molecule has 0 spiro atoms. The Labute approximate surface area is 176 Å². The van der Waals surface area contributed by atoms with Crippen LogP contribution in [0, 0.1) is 5.82 Å². The Hall–Kier alpha value is -2.93. The summed E-state index contributed by atoms with van der Waals surface area (Å²) in [7, 11) is 1.47. The number of benzene rings is 2. The molecule has 0 saturated heterocycles. The first-order valence-corrected chi connectivity index (χ1v) is 10.1. The summed E-state index contributed by atoms with van der Waals surface area (Å²) < 4.78 is 18.7. The Kier molecular flexibility index (Phi) is 7.05. The number of nitrogens with two attached hydrogens (primary N) is 1. The van der Waals surface area contributed by atoms with Gasteiger partial charge in [-0.25, -0.2) is 4.39 Å². The van der Waals surface area contributed by atoms with Crippen molar-refractivity contribution in [3.05, 3.63) is 65.0 Å². The first-order chi connectivity index (χ1) is 14.4. The lowest BCUT2D eigenvalue weighted by Gasteiger charge is -2.21. The van der Waals surface area contributed by atoms with Crippen LogP contribution in [0.3, 0.4) is 0 Å². The Morgan fingerprint density at radius 2 is 1.93 bits per heavy atom. The van der Waals surface area contributed by atoms with Gasteiger partial charge >= 0.3 is 0 Å². The van der Waals surface area contributed by atoms with Gasteiger partial charge in [-0.15, -0.1) is 0 Å². The third-order valence-corrected chi connectivity index (χ3v) is 5.66. The van der Waals surface area contributed by atoms with Crippen LogP contribution in [0.4, 0.5) is 4.39 Å². The maximum atomic E-state index is 13.6. The Morgan fingerprint density at radius 1 is 1.20 bits per heavy atom. The Bertz CT molecular complexity index is 901. The highest BCUT2D eigenvalue weighted by Crippen LogP contribution is 2.35. The average Bonchev–Trinajstić information content (AvgIpc) is 3.20. The lowest BCUT2D eigenvalue weighted by Crippen LogP contribution is -2.33. The summed E-state index contributed by atoms with van der Waals surface area (Å²) in [5, 5.41) is 6.12. The van der Waals surface area contributed by atoms with Gasteiger partial charge in [0.2, 0.25) is 5.91 Å². The van der Waals surface area contributed by atoms with E-state index in [0.29, 0.717) is 17.5 Å². The summed E-state index contributed by atoms with van der Waals surface area (Å²) in [5.41, 5.74) is 7.74. The summed E-state index contributed by atoms with van der Waals surface area (Å²) in [6.07, 6.45) is 3.11.